The van der Waals surface area contributed by atoms with Gasteiger partial charge in [-0.25, -0.2) is 0 Å². The van der Waals surface area contributed by atoms with Crippen LogP contribution in [0.1, 0.15) is 22.3 Å². The third-order valence-corrected chi connectivity index (χ3v) is 3.32. The molecule has 1 heterocycles. The molecule has 0 aromatic heterocycles. The van der Waals surface area contributed by atoms with Gasteiger partial charge in [0.2, 0.25) is 5.91 Å². The normalized spacial score (nSPS) is 14.7. The molecule has 0 radical (unpaired) electrons. The van der Waals surface area contributed by atoms with Gasteiger partial charge >= 0.3 is 0 Å². The summed E-state index contributed by atoms with van der Waals surface area (Å²) in [4.78, 5) is 27.3. The van der Waals surface area contributed by atoms with Gasteiger partial charge in [0.15, 0.2) is 0 Å². The zero-order chi connectivity index (χ0) is 15.2. The van der Waals surface area contributed by atoms with E-state index in [1.807, 2.05) is 6.07 Å². The molecule has 0 unspecified atom stereocenters. The van der Waals surface area contributed by atoms with Crippen LogP contribution in [0.15, 0.2) is 24.3 Å². The van der Waals surface area contributed by atoms with Crippen molar-refractivity contribution in [2.45, 2.75) is 6.42 Å². The molecule has 0 bridgehead atoms. The third kappa shape index (κ3) is 3.83. The molecular weight excluding hydrogens is 268 g/mol. The van der Waals surface area contributed by atoms with Crippen molar-refractivity contribution in [3.8, 4) is 11.8 Å². The highest BCUT2D eigenvalue weighted by atomic mass is 16.2. The van der Waals surface area contributed by atoms with E-state index in [4.69, 9.17) is 5.11 Å². The van der Waals surface area contributed by atoms with Crippen molar-refractivity contribution in [3.63, 3.8) is 0 Å². The minimum Gasteiger partial charge on any atom is -0.395 e. The fraction of sp³-hybridized carbons (Fsp3) is 0.375. The molecule has 1 aliphatic heterocycles. The molecule has 5 nitrogen and oxygen atoms in total. The maximum atomic E-state index is 12.4. The van der Waals surface area contributed by atoms with Crippen molar-refractivity contribution in [2.75, 3.05) is 33.3 Å². The summed E-state index contributed by atoms with van der Waals surface area (Å²) in [6, 6.07) is 7.03. The summed E-state index contributed by atoms with van der Waals surface area (Å²) >= 11 is 0. The molecule has 1 fully saturated rings. The summed E-state index contributed by atoms with van der Waals surface area (Å²) in [5.41, 5.74) is 1.26. The van der Waals surface area contributed by atoms with E-state index in [1.54, 1.807) is 35.0 Å². The van der Waals surface area contributed by atoms with Gasteiger partial charge in [-0.15, -0.1) is 0 Å². The highest BCUT2D eigenvalue weighted by Crippen LogP contribution is 2.10. The minimum atomic E-state index is -0.151. The fourth-order valence-corrected chi connectivity index (χ4v) is 2.06. The van der Waals surface area contributed by atoms with Gasteiger partial charge in [0, 0.05) is 37.7 Å². The molecule has 5 heteroatoms. The highest BCUT2D eigenvalue weighted by molar-refractivity contribution is 5.97. The Kier molecular flexibility index (Phi) is 4.96. The lowest BCUT2D eigenvalue weighted by Gasteiger charge is -2.32. The minimum absolute atomic E-state index is 0.0228. The van der Waals surface area contributed by atoms with Crippen molar-refractivity contribution in [1.82, 2.24) is 9.80 Å². The van der Waals surface area contributed by atoms with Gasteiger partial charge in [-0.1, -0.05) is 17.9 Å². The Morgan fingerprint density at radius 3 is 2.90 bits per heavy atom. The molecule has 1 N–H and O–H groups in total. The number of hydrogen-bond acceptors (Lipinski definition) is 3. The third-order valence-electron chi connectivity index (χ3n) is 3.32. The van der Waals surface area contributed by atoms with Crippen LogP contribution in [0.5, 0.6) is 0 Å². The van der Waals surface area contributed by atoms with E-state index in [-0.39, 0.29) is 25.0 Å². The fourth-order valence-electron chi connectivity index (χ4n) is 2.06. The van der Waals surface area contributed by atoms with Crippen molar-refractivity contribution in [1.29, 1.82) is 0 Å². The lowest BCUT2D eigenvalue weighted by Crippen LogP contribution is -2.50. The van der Waals surface area contributed by atoms with E-state index in [0.717, 1.165) is 5.56 Å². The van der Waals surface area contributed by atoms with Crippen LogP contribution in [0.3, 0.4) is 0 Å². The number of aliphatic hydroxyl groups is 1. The van der Waals surface area contributed by atoms with E-state index in [1.165, 1.54) is 0 Å². The average Bonchev–Trinajstić information content (AvgIpc) is 2.50. The first-order valence-corrected chi connectivity index (χ1v) is 6.85. The number of nitrogens with zero attached hydrogens (tertiary/aromatic N) is 2. The highest BCUT2D eigenvalue weighted by Gasteiger charge is 2.25. The molecule has 0 spiro atoms. The first-order chi connectivity index (χ1) is 10.1. The monoisotopic (exact) mass is 286 g/mol. The summed E-state index contributed by atoms with van der Waals surface area (Å²) in [5, 5.41) is 8.70. The van der Waals surface area contributed by atoms with Crippen LogP contribution >= 0.6 is 0 Å². The van der Waals surface area contributed by atoms with Crippen LogP contribution in [0, 0.1) is 11.8 Å². The average molecular weight is 286 g/mol. The number of hydrogen-bond donors (Lipinski definition) is 1. The van der Waals surface area contributed by atoms with Gasteiger partial charge in [0.25, 0.3) is 5.91 Å². The summed E-state index contributed by atoms with van der Waals surface area (Å²) in [7, 11) is 1.74. The van der Waals surface area contributed by atoms with E-state index >= 15 is 0 Å². The molecule has 2 amide bonds. The number of piperazine rings is 1. The molecule has 1 aliphatic rings. The first kappa shape index (κ1) is 15.1. The predicted molar refractivity (Wildman–Crippen MR) is 78.6 cm³/mol. The molecule has 21 heavy (non-hydrogen) atoms. The molecule has 1 saturated heterocycles. The van der Waals surface area contributed by atoms with Gasteiger partial charge in [0.05, 0.1) is 6.61 Å². The Balaban J connectivity index is 2.11. The van der Waals surface area contributed by atoms with Crippen LogP contribution in [-0.2, 0) is 4.79 Å². The van der Waals surface area contributed by atoms with Crippen molar-refractivity contribution in [2.24, 2.45) is 0 Å². The van der Waals surface area contributed by atoms with Crippen molar-refractivity contribution < 1.29 is 14.7 Å². The molecular formula is C16H18N2O3. The van der Waals surface area contributed by atoms with E-state index in [9.17, 15) is 9.59 Å². The van der Waals surface area contributed by atoms with Crippen LogP contribution < -0.4 is 0 Å². The molecule has 0 atom stereocenters. The number of carbonyl (C=O) groups excluding carboxylic acids is 2. The summed E-state index contributed by atoms with van der Waals surface area (Å²) in [6.07, 6.45) is 0.408. The Hall–Kier alpha value is -2.32. The number of benzene rings is 1. The van der Waals surface area contributed by atoms with Gasteiger partial charge in [-0.2, -0.15) is 0 Å². The Labute approximate surface area is 124 Å². The van der Waals surface area contributed by atoms with Crippen molar-refractivity contribution >= 4 is 11.8 Å². The van der Waals surface area contributed by atoms with Gasteiger partial charge in [-0.3, -0.25) is 9.59 Å². The van der Waals surface area contributed by atoms with Gasteiger partial charge in [-0.05, 0) is 18.2 Å². The van der Waals surface area contributed by atoms with Crippen LogP contribution in [0.4, 0.5) is 0 Å². The molecule has 110 valence electrons. The quantitative estimate of drug-likeness (QED) is 0.797. The second-order valence-corrected chi connectivity index (χ2v) is 4.90. The number of aliphatic hydroxyl groups excluding tert-OH is 1. The molecule has 0 saturated carbocycles. The van der Waals surface area contributed by atoms with Crippen molar-refractivity contribution in [3.05, 3.63) is 35.4 Å². The van der Waals surface area contributed by atoms with Gasteiger partial charge in [0.1, 0.15) is 6.54 Å². The van der Waals surface area contributed by atoms with E-state index in [2.05, 4.69) is 11.8 Å². The lowest BCUT2D eigenvalue weighted by molar-refractivity contribution is -0.133. The number of amides is 2. The van der Waals surface area contributed by atoms with E-state index in [0.29, 0.717) is 25.1 Å². The van der Waals surface area contributed by atoms with E-state index < -0.39 is 0 Å². The zero-order valence-corrected chi connectivity index (χ0v) is 12.0. The summed E-state index contributed by atoms with van der Waals surface area (Å²) in [5.74, 6) is 5.53. The smallest absolute Gasteiger partial charge is 0.254 e. The van der Waals surface area contributed by atoms with Crippen LogP contribution in [0.25, 0.3) is 0 Å². The largest absolute Gasteiger partial charge is 0.395 e. The first-order valence-electron chi connectivity index (χ1n) is 6.85. The Morgan fingerprint density at radius 1 is 1.38 bits per heavy atom. The van der Waals surface area contributed by atoms with Crippen LogP contribution in [0.2, 0.25) is 0 Å². The van der Waals surface area contributed by atoms with Gasteiger partial charge < -0.3 is 14.9 Å². The topological polar surface area (TPSA) is 60.9 Å². The number of likely N-dealkylation sites (N-methyl/N-ethyl adjacent to an activating group) is 1. The number of rotatable bonds is 2. The molecule has 2 rings (SSSR count). The maximum absolute atomic E-state index is 12.4. The second-order valence-electron chi connectivity index (χ2n) is 4.90. The molecule has 1 aromatic rings. The lowest BCUT2D eigenvalue weighted by atomic mass is 10.1. The predicted octanol–water partition coefficient (Wildman–Crippen LogP) is 0.335. The summed E-state index contributed by atoms with van der Waals surface area (Å²) in [6.45, 7) is 1.24. The standard InChI is InChI=1S/C16H18N2O3/c1-17-8-9-18(12-15(17)20)16(21)14-7-4-6-13(11-14)5-2-3-10-19/h4,6-7,11,19H,3,8-10,12H2,1H3. The van der Waals surface area contributed by atoms with Crippen LogP contribution in [-0.4, -0.2) is 60.0 Å². The molecule has 0 aliphatic carbocycles. The SMILES string of the molecule is CN1CCN(C(=O)c2cccc(C#CCCO)c2)CC1=O. The Morgan fingerprint density at radius 2 is 2.19 bits per heavy atom. The summed E-state index contributed by atoms with van der Waals surface area (Å²) < 4.78 is 0. The number of carbonyl (C=O) groups is 2. The maximum Gasteiger partial charge on any atom is 0.254 e. The Bertz CT molecular complexity index is 601. The zero-order valence-electron chi connectivity index (χ0n) is 12.0. The molecule has 1 aromatic carbocycles. The second kappa shape index (κ2) is 6.91.